The molecule has 20 heavy (non-hydrogen) atoms. The second-order valence-corrected chi connectivity index (χ2v) is 4.23. The summed E-state index contributed by atoms with van der Waals surface area (Å²) < 4.78 is 12.8. The molecule has 0 bridgehead atoms. The zero-order valence-corrected chi connectivity index (χ0v) is 11.2. The van der Waals surface area contributed by atoms with E-state index in [1.165, 1.54) is 36.1 Å². The number of nitrogens with one attached hydrogen (secondary N) is 1. The SMILES string of the molecule is CCN(C(=O)N[C@H](C(=O)O)[C@@H](C)O)c1ccc(F)cc1. The van der Waals surface area contributed by atoms with E-state index >= 15 is 0 Å². The van der Waals surface area contributed by atoms with Crippen molar-refractivity contribution < 1.29 is 24.2 Å². The summed E-state index contributed by atoms with van der Waals surface area (Å²) in [6.07, 6.45) is -1.23. The van der Waals surface area contributed by atoms with Gasteiger partial charge in [-0.3, -0.25) is 4.90 Å². The van der Waals surface area contributed by atoms with Crippen molar-refractivity contribution in [2.75, 3.05) is 11.4 Å². The van der Waals surface area contributed by atoms with Crippen molar-refractivity contribution in [1.82, 2.24) is 5.32 Å². The third-order valence-corrected chi connectivity index (χ3v) is 2.73. The molecule has 7 heteroatoms. The molecule has 0 aromatic heterocycles. The molecular weight excluding hydrogens is 267 g/mol. The van der Waals surface area contributed by atoms with Gasteiger partial charge in [-0.2, -0.15) is 0 Å². The van der Waals surface area contributed by atoms with Gasteiger partial charge < -0.3 is 15.5 Å². The molecule has 1 aromatic carbocycles. The molecule has 0 heterocycles. The summed E-state index contributed by atoms with van der Waals surface area (Å²) in [4.78, 5) is 24.2. The summed E-state index contributed by atoms with van der Waals surface area (Å²) in [5.74, 6) is -1.76. The van der Waals surface area contributed by atoms with Crippen LogP contribution in [-0.4, -0.2) is 40.9 Å². The molecule has 0 radical (unpaired) electrons. The van der Waals surface area contributed by atoms with Gasteiger partial charge in [0.1, 0.15) is 5.82 Å². The molecule has 2 amide bonds. The molecule has 0 spiro atoms. The Labute approximate surface area is 115 Å². The molecule has 3 N–H and O–H groups in total. The van der Waals surface area contributed by atoms with E-state index in [0.29, 0.717) is 5.69 Å². The van der Waals surface area contributed by atoms with Gasteiger partial charge in [0.15, 0.2) is 6.04 Å². The predicted molar refractivity (Wildman–Crippen MR) is 71.1 cm³/mol. The number of amides is 2. The van der Waals surface area contributed by atoms with Crippen LogP contribution in [0.5, 0.6) is 0 Å². The first-order chi connectivity index (χ1) is 9.36. The molecular formula is C13H17FN2O4. The van der Waals surface area contributed by atoms with Gasteiger partial charge in [0.05, 0.1) is 6.10 Å². The van der Waals surface area contributed by atoms with Gasteiger partial charge in [0.25, 0.3) is 0 Å². The van der Waals surface area contributed by atoms with Crippen LogP contribution in [0.2, 0.25) is 0 Å². The summed E-state index contributed by atoms with van der Waals surface area (Å²) >= 11 is 0. The quantitative estimate of drug-likeness (QED) is 0.757. The third kappa shape index (κ3) is 3.92. The number of carbonyl (C=O) groups excluding carboxylic acids is 1. The van der Waals surface area contributed by atoms with Gasteiger partial charge in [0.2, 0.25) is 0 Å². The van der Waals surface area contributed by atoms with Crippen LogP contribution >= 0.6 is 0 Å². The average Bonchev–Trinajstić information content (AvgIpc) is 2.38. The largest absolute Gasteiger partial charge is 0.480 e. The lowest BCUT2D eigenvalue weighted by atomic mass is 10.2. The highest BCUT2D eigenvalue weighted by Crippen LogP contribution is 2.15. The number of halogens is 1. The van der Waals surface area contributed by atoms with Crippen LogP contribution in [0.1, 0.15) is 13.8 Å². The number of carboxylic acids is 1. The number of aliphatic hydroxyl groups is 1. The van der Waals surface area contributed by atoms with E-state index < -0.39 is 30.0 Å². The number of carboxylic acid groups (broad SMARTS) is 1. The number of aliphatic hydroxyl groups excluding tert-OH is 1. The number of carbonyl (C=O) groups is 2. The minimum Gasteiger partial charge on any atom is -0.480 e. The molecule has 0 fully saturated rings. The minimum absolute atomic E-state index is 0.267. The second-order valence-electron chi connectivity index (χ2n) is 4.23. The Morgan fingerprint density at radius 1 is 1.35 bits per heavy atom. The molecule has 2 atom stereocenters. The normalized spacial score (nSPS) is 13.4. The molecule has 6 nitrogen and oxygen atoms in total. The van der Waals surface area contributed by atoms with Crippen LogP contribution in [0.4, 0.5) is 14.9 Å². The Hall–Kier alpha value is -2.15. The molecule has 0 aliphatic heterocycles. The van der Waals surface area contributed by atoms with E-state index in [4.69, 9.17) is 5.11 Å². The number of nitrogens with zero attached hydrogens (tertiary/aromatic N) is 1. The fraction of sp³-hybridized carbons (Fsp3) is 0.385. The first kappa shape index (κ1) is 15.9. The number of urea groups is 1. The summed E-state index contributed by atoms with van der Waals surface area (Å²) in [6, 6.07) is 3.15. The highest BCUT2D eigenvalue weighted by Gasteiger charge is 2.27. The topological polar surface area (TPSA) is 89.9 Å². The van der Waals surface area contributed by atoms with Crippen molar-refractivity contribution in [3.05, 3.63) is 30.1 Å². The van der Waals surface area contributed by atoms with Crippen LogP contribution in [-0.2, 0) is 4.79 Å². The van der Waals surface area contributed by atoms with E-state index in [-0.39, 0.29) is 6.54 Å². The fourth-order valence-electron chi connectivity index (χ4n) is 1.66. The van der Waals surface area contributed by atoms with Crippen molar-refractivity contribution in [3.8, 4) is 0 Å². The van der Waals surface area contributed by atoms with E-state index in [9.17, 15) is 19.1 Å². The van der Waals surface area contributed by atoms with Crippen LogP contribution < -0.4 is 10.2 Å². The van der Waals surface area contributed by atoms with Crippen LogP contribution in [0, 0.1) is 5.82 Å². The predicted octanol–water partition coefficient (Wildman–Crippen LogP) is 1.20. The van der Waals surface area contributed by atoms with Gasteiger partial charge >= 0.3 is 12.0 Å². The molecule has 1 aromatic rings. The number of benzene rings is 1. The van der Waals surface area contributed by atoms with Crippen molar-refractivity contribution in [3.63, 3.8) is 0 Å². The average molecular weight is 284 g/mol. The monoisotopic (exact) mass is 284 g/mol. The molecule has 1 rings (SSSR count). The minimum atomic E-state index is -1.41. The maximum absolute atomic E-state index is 12.8. The Balaban J connectivity index is 2.87. The van der Waals surface area contributed by atoms with Gasteiger partial charge in [-0.05, 0) is 38.1 Å². The number of aliphatic carboxylic acids is 1. The number of anilines is 1. The van der Waals surface area contributed by atoms with Crippen molar-refractivity contribution in [2.24, 2.45) is 0 Å². The number of hydrogen-bond donors (Lipinski definition) is 3. The lowest BCUT2D eigenvalue weighted by Crippen LogP contribution is -2.52. The van der Waals surface area contributed by atoms with E-state index in [1.807, 2.05) is 0 Å². The molecule has 0 aliphatic rings. The third-order valence-electron chi connectivity index (χ3n) is 2.73. The molecule has 110 valence electrons. The van der Waals surface area contributed by atoms with Gasteiger partial charge in [-0.25, -0.2) is 14.0 Å². The number of hydrogen-bond acceptors (Lipinski definition) is 3. The van der Waals surface area contributed by atoms with Crippen molar-refractivity contribution in [2.45, 2.75) is 26.0 Å². The number of rotatable bonds is 5. The second kappa shape index (κ2) is 6.85. The van der Waals surface area contributed by atoms with Gasteiger partial charge in [-0.15, -0.1) is 0 Å². The molecule has 0 aliphatic carbocycles. The van der Waals surface area contributed by atoms with Crippen molar-refractivity contribution in [1.29, 1.82) is 0 Å². The van der Waals surface area contributed by atoms with Gasteiger partial charge in [0, 0.05) is 12.2 Å². The van der Waals surface area contributed by atoms with E-state index in [2.05, 4.69) is 5.32 Å². The van der Waals surface area contributed by atoms with Crippen LogP contribution in [0.25, 0.3) is 0 Å². The zero-order valence-electron chi connectivity index (χ0n) is 11.2. The Kier molecular flexibility index (Phi) is 5.45. The lowest BCUT2D eigenvalue weighted by molar-refractivity contribution is -0.141. The smallest absolute Gasteiger partial charge is 0.328 e. The standard InChI is InChI=1S/C13H17FN2O4/c1-3-16(10-6-4-9(14)5-7-10)13(20)15-11(8(2)17)12(18)19/h4-8,11,17H,3H2,1-2H3,(H,15,20)(H,18,19)/t8-,11+/m1/s1. The lowest BCUT2D eigenvalue weighted by Gasteiger charge is -2.25. The van der Waals surface area contributed by atoms with Gasteiger partial charge in [-0.1, -0.05) is 0 Å². The van der Waals surface area contributed by atoms with Crippen LogP contribution in [0.15, 0.2) is 24.3 Å². The zero-order chi connectivity index (χ0) is 15.3. The Bertz CT molecular complexity index is 476. The summed E-state index contributed by atoms with van der Waals surface area (Å²) in [5.41, 5.74) is 0.432. The summed E-state index contributed by atoms with van der Waals surface area (Å²) in [7, 11) is 0. The highest BCUT2D eigenvalue weighted by molar-refractivity contribution is 5.94. The summed E-state index contributed by atoms with van der Waals surface area (Å²) in [6.45, 7) is 3.23. The Morgan fingerprint density at radius 3 is 2.30 bits per heavy atom. The van der Waals surface area contributed by atoms with Crippen molar-refractivity contribution >= 4 is 17.7 Å². The van der Waals surface area contributed by atoms with Crippen LogP contribution in [0.3, 0.4) is 0 Å². The highest BCUT2D eigenvalue weighted by atomic mass is 19.1. The molecule has 0 saturated carbocycles. The maximum Gasteiger partial charge on any atom is 0.328 e. The maximum atomic E-state index is 12.8. The first-order valence-corrected chi connectivity index (χ1v) is 6.11. The Morgan fingerprint density at radius 2 is 1.90 bits per heavy atom. The summed E-state index contributed by atoms with van der Waals surface area (Å²) in [5, 5.41) is 20.5. The first-order valence-electron chi connectivity index (χ1n) is 6.11. The van der Waals surface area contributed by atoms with E-state index in [1.54, 1.807) is 6.92 Å². The fourth-order valence-corrected chi connectivity index (χ4v) is 1.66. The molecule has 0 saturated heterocycles. The van der Waals surface area contributed by atoms with E-state index in [0.717, 1.165) is 0 Å². The molecule has 0 unspecified atom stereocenters.